The molecule has 0 saturated carbocycles. The number of nitrogens with one attached hydrogen (secondary N) is 2. The highest BCUT2D eigenvalue weighted by Gasteiger charge is 2.72. The molecule has 4 atom stereocenters. The highest BCUT2D eigenvalue weighted by atomic mass is 35.6. The van der Waals surface area contributed by atoms with Gasteiger partial charge in [-0.05, 0) is 31.2 Å². The number of alkyl halides is 3. The van der Waals surface area contributed by atoms with E-state index in [-0.39, 0.29) is 6.61 Å². The summed E-state index contributed by atoms with van der Waals surface area (Å²) in [7, 11) is 0. The van der Waals surface area contributed by atoms with Gasteiger partial charge in [0.1, 0.15) is 30.7 Å². The molecular weight excluding hydrogens is 633 g/mol. The van der Waals surface area contributed by atoms with Gasteiger partial charge in [0.05, 0.1) is 0 Å². The zero-order valence-electron chi connectivity index (χ0n) is 22.3. The van der Waals surface area contributed by atoms with Crippen LogP contribution in [0, 0.1) is 0 Å². The quantitative estimate of drug-likeness (QED) is 0.171. The molecule has 9 nitrogen and oxygen atoms in total. The molecule has 0 aliphatic carbocycles. The van der Waals surface area contributed by atoms with E-state index in [4.69, 9.17) is 44.3 Å². The summed E-state index contributed by atoms with van der Waals surface area (Å²) < 4.78 is 8.01. The average Bonchev–Trinajstić information content (AvgIpc) is 3.21. The van der Waals surface area contributed by atoms with Crippen molar-refractivity contribution in [2.45, 2.75) is 51.3 Å². The van der Waals surface area contributed by atoms with Crippen LogP contribution in [0.2, 0.25) is 0 Å². The molecule has 0 aromatic heterocycles. The number of carbonyl (C=O) groups is 4. The van der Waals surface area contributed by atoms with Crippen molar-refractivity contribution in [3.05, 3.63) is 71.8 Å². The Morgan fingerprint density at radius 1 is 1.05 bits per heavy atom. The molecule has 2 fully saturated rings. The van der Waals surface area contributed by atoms with Crippen LogP contribution in [0.4, 0.5) is 4.79 Å². The van der Waals surface area contributed by atoms with Gasteiger partial charge in [-0.15, -0.1) is 23.5 Å². The van der Waals surface area contributed by atoms with Gasteiger partial charge in [0.2, 0.25) is 9.70 Å². The van der Waals surface area contributed by atoms with Crippen LogP contribution >= 0.6 is 58.3 Å². The van der Waals surface area contributed by atoms with Crippen molar-refractivity contribution in [2.75, 3.05) is 12.9 Å². The van der Waals surface area contributed by atoms with Crippen molar-refractivity contribution >= 4 is 82.2 Å². The maximum Gasteiger partial charge on any atom is 0.408 e. The highest BCUT2D eigenvalue weighted by Crippen LogP contribution is 2.58. The minimum Gasteiger partial charge on any atom is -0.459 e. The molecule has 2 saturated heterocycles. The number of halogens is 3. The van der Waals surface area contributed by atoms with E-state index in [1.54, 1.807) is 36.6 Å². The summed E-state index contributed by atoms with van der Waals surface area (Å²) >= 11 is 19.6. The summed E-state index contributed by atoms with van der Waals surface area (Å²) in [6.07, 6.45) is 0.711. The Bertz CT molecular complexity index is 1300. The molecule has 14 heteroatoms. The summed E-state index contributed by atoms with van der Waals surface area (Å²) in [5.74, 6) is -1.62. The second kappa shape index (κ2) is 12.5. The lowest BCUT2D eigenvalue weighted by atomic mass is 9.95. The summed E-state index contributed by atoms with van der Waals surface area (Å²) in [6, 6.07) is 15.6. The topological polar surface area (TPSA) is 114 Å². The number of amides is 3. The maximum atomic E-state index is 13.7. The summed E-state index contributed by atoms with van der Waals surface area (Å²) in [5, 5.41) is 4.77. The Balaban J connectivity index is 1.51. The van der Waals surface area contributed by atoms with Gasteiger partial charge in [-0.2, -0.15) is 0 Å². The molecule has 2 aliphatic heterocycles. The molecule has 3 amide bonds. The van der Waals surface area contributed by atoms with Gasteiger partial charge >= 0.3 is 12.1 Å². The lowest BCUT2D eigenvalue weighted by molar-refractivity contribution is -0.167. The van der Waals surface area contributed by atoms with Gasteiger partial charge in [0.15, 0.2) is 4.87 Å². The number of nitrogens with zero attached hydrogens (tertiary/aromatic N) is 1. The number of benzene rings is 2. The predicted octanol–water partition coefficient (Wildman–Crippen LogP) is 4.81. The fraction of sp³-hybridized carbons (Fsp3) is 0.407. The molecule has 41 heavy (non-hydrogen) atoms. The third kappa shape index (κ3) is 6.85. The molecule has 2 aliphatic rings. The minimum absolute atomic E-state index is 0.0762. The maximum absolute atomic E-state index is 13.7. The minimum atomic E-state index is -1.84. The van der Waals surface area contributed by atoms with Crippen LogP contribution in [0.5, 0.6) is 0 Å². The number of fused-ring (bicyclic) bond motifs is 1. The Morgan fingerprint density at radius 2 is 1.66 bits per heavy atom. The van der Waals surface area contributed by atoms with Crippen LogP contribution in [0.1, 0.15) is 31.0 Å². The molecular formula is C27H28Cl3N3O6S2. The molecule has 2 aromatic carbocycles. The average molecular weight is 661 g/mol. The fourth-order valence-electron chi connectivity index (χ4n) is 4.68. The van der Waals surface area contributed by atoms with Gasteiger partial charge in [-0.3, -0.25) is 9.59 Å². The van der Waals surface area contributed by atoms with E-state index in [1.807, 2.05) is 44.2 Å². The molecule has 0 radical (unpaired) electrons. The number of alkyl carbamates (subject to hydrolysis) is 1. The predicted molar refractivity (Wildman–Crippen MR) is 161 cm³/mol. The first-order valence-electron chi connectivity index (χ1n) is 12.4. The van der Waals surface area contributed by atoms with Crippen molar-refractivity contribution in [1.82, 2.24) is 15.5 Å². The van der Waals surface area contributed by atoms with Crippen molar-refractivity contribution in [2.24, 2.45) is 0 Å². The smallest absolute Gasteiger partial charge is 0.408 e. The molecule has 2 N–H and O–H groups in total. The Hall–Kier alpha value is -2.31. The number of hydrogen-bond acceptors (Lipinski definition) is 8. The second-order valence-corrected chi connectivity index (χ2v) is 15.2. The largest absolute Gasteiger partial charge is 0.459 e. The van der Waals surface area contributed by atoms with E-state index in [0.29, 0.717) is 5.56 Å². The van der Waals surface area contributed by atoms with Crippen LogP contribution in [0.3, 0.4) is 0 Å². The Kier molecular flexibility index (Phi) is 9.65. The van der Waals surface area contributed by atoms with E-state index >= 15 is 0 Å². The van der Waals surface area contributed by atoms with E-state index in [2.05, 4.69) is 10.6 Å². The summed E-state index contributed by atoms with van der Waals surface area (Å²) in [4.78, 5) is 53.2. The molecule has 220 valence electrons. The number of ether oxygens (including phenoxy) is 2. The highest BCUT2D eigenvalue weighted by molar-refractivity contribution is 8.05. The third-order valence-corrected chi connectivity index (χ3v) is 9.86. The number of rotatable bonds is 9. The van der Waals surface area contributed by atoms with E-state index in [0.717, 1.165) is 17.3 Å². The van der Waals surface area contributed by atoms with Crippen LogP contribution < -0.4 is 10.6 Å². The second-order valence-electron chi connectivity index (χ2n) is 9.89. The first-order chi connectivity index (χ1) is 19.3. The molecule has 0 spiro atoms. The van der Waals surface area contributed by atoms with Gasteiger partial charge in [-0.1, -0.05) is 95.5 Å². The van der Waals surface area contributed by atoms with Crippen LogP contribution in [0.15, 0.2) is 60.7 Å². The molecule has 2 heterocycles. The Morgan fingerprint density at radius 3 is 2.24 bits per heavy atom. The zero-order chi connectivity index (χ0) is 30.0. The van der Waals surface area contributed by atoms with Crippen LogP contribution in [0.25, 0.3) is 0 Å². The van der Waals surface area contributed by atoms with Gasteiger partial charge in [-0.25, -0.2) is 9.59 Å². The molecule has 4 rings (SSSR count). The normalized spacial score (nSPS) is 23.6. The van der Waals surface area contributed by atoms with E-state index in [9.17, 15) is 19.2 Å². The van der Waals surface area contributed by atoms with Crippen LogP contribution in [-0.2, 0) is 30.5 Å². The molecule has 2 aromatic rings. The van der Waals surface area contributed by atoms with Crippen molar-refractivity contribution < 1.29 is 28.7 Å². The number of thioether (sulfide) groups is 2. The van der Waals surface area contributed by atoms with Crippen molar-refractivity contribution in [3.63, 3.8) is 0 Å². The monoisotopic (exact) mass is 659 g/mol. The van der Waals surface area contributed by atoms with Crippen molar-refractivity contribution in [3.8, 4) is 0 Å². The fourth-order valence-corrected chi connectivity index (χ4v) is 7.65. The Labute approximate surface area is 261 Å². The zero-order valence-corrected chi connectivity index (χ0v) is 26.2. The summed E-state index contributed by atoms with van der Waals surface area (Å²) in [5.41, 5.74) is 1.27. The number of hydrogen-bond donors (Lipinski definition) is 2. The van der Waals surface area contributed by atoms with Gasteiger partial charge < -0.3 is 25.0 Å². The third-order valence-electron chi connectivity index (χ3n) is 6.61. The SMILES string of the molecule is CS[C@@]1(NC(=O)C(NC(=O)OCC(Cl)(Cl)Cl)c2ccccc2)C(=O)N2[C@@H](C(=O)OCc3ccccc3)C(C)(C)S[C@@H]21. The first kappa shape index (κ1) is 31.6. The molecule has 1 unspecified atom stereocenters. The standard InChI is InChI=1S/C27H28Cl3N3O6S2/c1-25(2)19(21(35)38-14-16-10-6-4-7-11-16)33-22(36)27(40-3,23(33)41-25)32-20(34)18(17-12-8-5-9-13-17)31-24(37)39-15-26(28,29)30/h4-13,18-19,23H,14-15H2,1-3H3,(H,31,37)(H,32,34)/t18?,19-,23+,27-/m0/s1. The lowest BCUT2D eigenvalue weighted by Crippen LogP contribution is -2.78. The number of esters is 1. The molecule has 0 bridgehead atoms. The number of carbonyl (C=O) groups excluding carboxylic acids is 4. The van der Waals surface area contributed by atoms with E-state index < -0.39 is 61.4 Å². The van der Waals surface area contributed by atoms with Crippen LogP contribution in [-0.4, -0.2) is 66.5 Å². The van der Waals surface area contributed by atoms with Gasteiger partial charge in [0, 0.05) is 4.75 Å². The first-order valence-corrected chi connectivity index (χ1v) is 15.7. The lowest BCUT2D eigenvalue weighted by Gasteiger charge is -2.52. The van der Waals surface area contributed by atoms with Gasteiger partial charge in [0.25, 0.3) is 5.91 Å². The summed E-state index contributed by atoms with van der Waals surface area (Å²) in [6.45, 7) is 3.26. The van der Waals surface area contributed by atoms with E-state index in [1.165, 1.54) is 16.7 Å². The number of β-lactam (4-membered cyclic amide) rings is 1. The van der Waals surface area contributed by atoms with Crippen molar-refractivity contribution in [1.29, 1.82) is 0 Å².